The molecule has 0 bridgehead atoms. The predicted octanol–water partition coefficient (Wildman–Crippen LogP) is 6.05. The van der Waals surface area contributed by atoms with Crippen molar-refractivity contribution in [3.05, 3.63) is 53.6 Å². The van der Waals surface area contributed by atoms with Gasteiger partial charge < -0.3 is 15.4 Å². The Kier molecular flexibility index (Phi) is 9.51. The van der Waals surface area contributed by atoms with Gasteiger partial charge in [0.05, 0.1) is 5.02 Å². The zero-order valence-electron chi connectivity index (χ0n) is 17.0. The summed E-state index contributed by atoms with van der Waals surface area (Å²) in [6.45, 7) is 3.83. The van der Waals surface area contributed by atoms with Crippen LogP contribution in [0.5, 0.6) is 5.75 Å². The third-order valence-corrected chi connectivity index (χ3v) is 4.77. The number of nitrogens with one attached hydrogen (secondary N) is 2. The number of halogens is 1. The van der Waals surface area contributed by atoms with Gasteiger partial charge in [-0.05, 0) is 49.7 Å². The number of benzene rings is 2. The van der Waals surface area contributed by atoms with Crippen molar-refractivity contribution in [2.75, 3.05) is 10.6 Å². The number of amides is 2. The fourth-order valence-corrected chi connectivity index (χ4v) is 2.96. The fraction of sp³-hybridized carbons (Fsp3) is 0.391. The summed E-state index contributed by atoms with van der Waals surface area (Å²) in [6.07, 6.45) is 5.40. The lowest BCUT2D eigenvalue weighted by atomic mass is 10.1. The molecule has 5 nitrogen and oxygen atoms in total. The molecule has 0 aliphatic heterocycles. The Morgan fingerprint density at radius 1 is 0.931 bits per heavy atom. The molecule has 2 rings (SSSR count). The van der Waals surface area contributed by atoms with Gasteiger partial charge in [0.2, 0.25) is 5.91 Å². The second-order valence-electron chi connectivity index (χ2n) is 6.97. The van der Waals surface area contributed by atoms with Gasteiger partial charge in [-0.2, -0.15) is 0 Å². The number of rotatable bonds is 11. The zero-order valence-corrected chi connectivity index (χ0v) is 17.8. The van der Waals surface area contributed by atoms with Crippen LogP contribution in [0.2, 0.25) is 5.02 Å². The first-order valence-electron chi connectivity index (χ1n) is 10.1. The lowest BCUT2D eigenvalue weighted by Crippen LogP contribution is -2.30. The van der Waals surface area contributed by atoms with Crippen LogP contribution in [0.4, 0.5) is 11.4 Å². The molecule has 0 aliphatic rings. The van der Waals surface area contributed by atoms with Crippen LogP contribution in [0.1, 0.15) is 52.4 Å². The van der Waals surface area contributed by atoms with Crippen LogP contribution < -0.4 is 15.4 Å². The molecule has 2 N–H and O–H groups in total. The minimum atomic E-state index is -0.706. The van der Waals surface area contributed by atoms with Crippen LogP contribution in [0.25, 0.3) is 0 Å². The molecular weight excluding hydrogens is 388 g/mol. The van der Waals surface area contributed by atoms with Gasteiger partial charge in [-0.3, -0.25) is 9.59 Å². The molecule has 1 unspecified atom stereocenters. The second kappa shape index (κ2) is 12.1. The van der Waals surface area contributed by atoms with Crippen molar-refractivity contribution in [2.45, 2.75) is 58.5 Å². The van der Waals surface area contributed by atoms with Gasteiger partial charge in [0, 0.05) is 17.8 Å². The molecule has 0 radical (unpaired) electrons. The largest absolute Gasteiger partial charge is 0.479 e. The van der Waals surface area contributed by atoms with E-state index < -0.39 is 6.10 Å². The predicted molar refractivity (Wildman–Crippen MR) is 119 cm³/mol. The molecule has 0 spiro atoms. The third-order valence-electron chi connectivity index (χ3n) is 4.45. The van der Waals surface area contributed by atoms with Crippen molar-refractivity contribution in [1.82, 2.24) is 0 Å². The first-order valence-corrected chi connectivity index (χ1v) is 10.5. The Balaban J connectivity index is 1.78. The van der Waals surface area contributed by atoms with Gasteiger partial charge in [0.1, 0.15) is 5.75 Å². The Labute approximate surface area is 177 Å². The van der Waals surface area contributed by atoms with E-state index in [1.807, 2.05) is 0 Å². The molecule has 0 aromatic heterocycles. The Bertz CT molecular complexity index is 793. The van der Waals surface area contributed by atoms with E-state index in [0.29, 0.717) is 28.6 Å². The average molecular weight is 417 g/mol. The van der Waals surface area contributed by atoms with Crippen LogP contribution in [-0.4, -0.2) is 17.9 Å². The third kappa shape index (κ3) is 8.16. The van der Waals surface area contributed by atoms with Gasteiger partial charge in [-0.15, -0.1) is 0 Å². The van der Waals surface area contributed by atoms with E-state index in [9.17, 15) is 9.59 Å². The van der Waals surface area contributed by atoms with Crippen molar-refractivity contribution in [3.8, 4) is 5.75 Å². The average Bonchev–Trinajstić information content (AvgIpc) is 2.71. The molecule has 2 aromatic carbocycles. The number of anilines is 2. The maximum absolute atomic E-state index is 12.3. The van der Waals surface area contributed by atoms with Crippen molar-refractivity contribution in [1.29, 1.82) is 0 Å². The molecule has 0 aliphatic carbocycles. The van der Waals surface area contributed by atoms with Crippen LogP contribution in [0.15, 0.2) is 48.5 Å². The Hall–Kier alpha value is -2.53. The van der Waals surface area contributed by atoms with E-state index in [1.54, 1.807) is 55.5 Å². The van der Waals surface area contributed by atoms with Gasteiger partial charge >= 0.3 is 0 Å². The van der Waals surface area contributed by atoms with Crippen molar-refractivity contribution in [2.24, 2.45) is 0 Å². The molecule has 0 heterocycles. The smallest absolute Gasteiger partial charge is 0.265 e. The molecule has 6 heteroatoms. The molecule has 0 saturated heterocycles. The van der Waals surface area contributed by atoms with Gasteiger partial charge in [0.15, 0.2) is 6.10 Å². The van der Waals surface area contributed by atoms with Crippen molar-refractivity contribution >= 4 is 34.8 Å². The number of carbonyl (C=O) groups excluding carboxylic acids is 2. The topological polar surface area (TPSA) is 67.4 Å². The highest BCUT2D eigenvalue weighted by molar-refractivity contribution is 6.32. The highest BCUT2D eigenvalue weighted by Crippen LogP contribution is 2.24. The molecule has 0 saturated carbocycles. The van der Waals surface area contributed by atoms with Gasteiger partial charge in [-0.1, -0.05) is 56.3 Å². The van der Waals surface area contributed by atoms with E-state index in [1.165, 1.54) is 19.3 Å². The molecule has 2 aromatic rings. The molecule has 2 amide bonds. The normalized spacial score (nSPS) is 11.6. The molecule has 156 valence electrons. The number of hydrogen-bond donors (Lipinski definition) is 2. The number of carbonyl (C=O) groups is 2. The summed E-state index contributed by atoms with van der Waals surface area (Å²) in [4.78, 5) is 24.3. The molecule has 0 fully saturated rings. The molecular formula is C23H29ClN2O3. The first-order chi connectivity index (χ1) is 14.0. The van der Waals surface area contributed by atoms with Crippen LogP contribution in [0, 0.1) is 0 Å². The lowest BCUT2D eigenvalue weighted by Gasteiger charge is -2.15. The summed E-state index contributed by atoms with van der Waals surface area (Å²) in [5, 5.41) is 6.14. The van der Waals surface area contributed by atoms with Crippen LogP contribution in [0.3, 0.4) is 0 Å². The highest BCUT2D eigenvalue weighted by Gasteiger charge is 2.16. The monoisotopic (exact) mass is 416 g/mol. The lowest BCUT2D eigenvalue weighted by molar-refractivity contribution is -0.122. The van der Waals surface area contributed by atoms with Gasteiger partial charge in [0.25, 0.3) is 5.91 Å². The minimum Gasteiger partial charge on any atom is -0.479 e. The Morgan fingerprint density at radius 2 is 1.55 bits per heavy atom. The van der Waals surface area contributed by atoms with Gasteiger partial charge in [-0.25, -0.2) is 0 Å². The van der Waals surface area contributed by atoms with E-state index in [-0.39, 0.29) is 11.8 Å². The van der Waals surface area contributed by atoms with E-state index in [4.69, 9.17) is 16.3 Å². The number of hydrogen-bond acceptors (Lipinski definition) is 3. The SMILES string of the molecule is CCCCCCCC(=O)Nc1ccc(NC(=O)C(C)Oc2ccccc2Cl)cc1. The quantitative estimate of drug-likeness (QED) is 0.438. The van der Waals surface area contributed by atoms with Crippen LogP contribution >= 0.6 is 11.6 Å². The van der Waals surface area contributed by atoms with Crippen molar-refractivity contribution in [3.63, 3.8) is 0 Å². The number of unbranched alkanes of at least 4 members (excludes halogenated alkanes) is 4. The minimum absolute atomic E-state index is 0.0139. The second-order valence-corrected chi connectivity index (χ2v) is 7.38. The van der Waals surface area contributed by atoms with Crippen LogP contribution in [-0.2, 0) is 9.59 Å². The molecule has 29 heavy (non-hydrogen) atoms. The summed E-state index contributed by atoms with van der Waals surface area (Å²) in [5.74, 6) is 0.193. The maximum atomic E-state index is 12.3. The summed E-state index contributed by atoms with van der Waals surface area (Å²) in [6, 6.07) is 14.0. The summed E-state index contributed by atoms with van der Waals surface area (Å²) in [7, 11) is 0. The summed E-state index contributed by atoms with van der Waals surface area (Å²) < 4.78 is 5.62. The highest BCUT2D eigenvalue weighted by atomic mass is 35.5. The number of ether oxygens (including phenoxy) is 1. The van der Waals surface area contributed by atoms with E-state index in [2.05, 4.69) is 17.6 Å². The van der Waals surface area contributed by atoms with Crippen molar-refractivity contribution < 1.29 is 14.3 Å². The standard InChI is InChI=1S/C23H29ClN2O3/c1-3-4-5-6-7-12-22(27)25-18-13-15-19(16-14-18)26-23(28)17(2)29-21-11-9-8-10-20(21)24/h8-11,13-17H,3-7,12H2,1-2H3,(H,25,27)(H,26,28). The Morgan fingerprint density at radius 3 is 2.21 bits per heavy atom. The van der Waals surface area contributed by atoms with E-state index >= 15 is 0 Å². The number of para-hydroxylation sites is 1. The molecule has 1 atom stereocenters. The first kappa shape index (κ1) is 22.8. The zero-order chi connectivity index (χ0) is 21.1. The maximum Gasteiger partial charge on any atom is 0.265 e. The summed E-state index contributed by atoms with van der Waals surface area (Å²) >= 11 is 6.05. The van der Waals surface area contributed by atoms with E-state index in [0.717, 1.165) is 12.8 Å². The summed E-state index contributed by atoms with van der Waals surface area (Å²) in [5.41, 5.74) is 1.34. The fourth-order valence-electron chi connectivity index (χ4n) is 2.78.